The molecule has 0 aliphatic heterocycles. The number of hydrogen-bond acceptors (Lipinski definition) is 3. The Morgan fingerprint density at radius 1 is 1.29 bits per heavy atom. The Morgan fingerprint density at radius 2 is 2.05 bits per heavy atom. The van der Waals surface area contributed by atoms with Gasteiger partial charge in [0.2, 0.25) is 0 Å². The number of amides is 1. The highest BCUT2D eigenvalue weighted by molar-refractivity contribution is 6.07. The first kappa shape index (κ1) is 15.0. The molecule has 110 valence electrons. The van der Waals surface area contributed by atoms with Crippen molar-refractivity contribution in [2.75, 3.05) is 17.2 Å². The van der Waals surface area contributed by atoms with Gasteiger partial charge in [0.25, 0.3) is 5.91 Å². The average molecular weight is 287 g/mol. The maximum atomic E-state index is 13.5. The Bertz CT molecular complexity index is 671. The van der Waals surface area contributed by atoms with Crippen molar-refractivity contribution < 1.29 is 9.18 Å². The number of anilines is 2. The summed E-state index contributed by atoms with van der Waals surface area (Å²) in [7, 11) is 0. The van der Waals surface area contributed by atoms with Gasteiger partial charge in [-0.25, -0.2) is 4.39 Å². The Hall–Kier alpha value is -2.43. The van der Waals surface area contributed by atoms with Gasteiger partial charge in [-0.3, -0.25) is 9.78 Å². The van der Waals surface area contributed by atoms with Crippen LogP contribution in [0.1, 0.15) is 28.5 Å². The number of nitrogens with one attached hydrogen (secondary N) is 2. The molecule has 0 aliphatic carbocycles. The van der Waals surface area contributed by atoms with Gasteiger partial charge in [-0.15, -0.1) is 0 Å². The quantitative estimate of drug-likeness (QED) is 0.904. The fourth-order valence-corrected chi connectivity index (χ4v) is 1.95. The molecule has 0 bridgehead atoms. The molecule has 0 aliphatic rings. The van der Waals surface area contributed by atoms with Gasteiger partial charge in [-0.05, 0) is 44.5 Å². The summed E-state index contributed by atoms with van der Waals surface area (Å²) in [5, 5.41) is 5.81. The van der Waals surface area contributed by atoms with Crippen LogP contribution in [0.2, 0.25) is 0 Å². The summed E-state index contributed by atoms with van der Waals surface area (Å²) in [6.45, 7) is 6.18. The van der Waals surface area contributed by atoms with Crippen LogP contribution in [0.4, 0.5) is 15.8 Å². The van der Waals surface area contributed by atoms with Crippen molar-refractivity contribution in [2.45, 2.75) is 20.8 Å². The molecule has 1 aromatic carbocycles. The topological polar surface area (TPSA) is 54.0 Å². The van der Waals surface area contributed by atoms with E-state index in [0.29, 0.717) is 23.4 Å². The number of rotatable bonds is 4. The summed E-state index contributed by atoms with van der Waals surface area (Å²) in [5.41, 5.74) is 2.94. The molecule has 0 spiro atoms. The van der Waals surface area contributed by atoms with E-state index in [-0.39, 0.29) is 11.7 Å². The third-order valence-electron chi connectivity index (χ3n) is 3.08. The van der Waals surface area contributed by atoms with Crippen LogP contribution in [0.15, 0.2) is 30.5 Å². The standard InChI is InChI=1S/C16H18FN3O/c1-4-18-15-7-11(3)19-9-13(15)16(21)20-12-6-5-10(2)14(17)8-12/h5-9H,4H2,1-3H3,(H,18,19)(H,20,21). The van der Waals surface area contributed by atoms with Crippen LogP contribution in [0.3, 0.4) is 0 Å². The predicted molar refractivity (Wildman–Crippen MR) is 82.2 cm³/mol. The number of carbonyl (C=O) groups excluding carboxylic acids is 1. The van der Waals surface area contributed by atoms with Gasteiger partial charge in [-0.2, -0.15) is 0 Å². The predicted octanol–water partition coefficient (Wildman–Crippen LogP) is 3.52. The highest BCUT2D eigenvalue weighted by atomic mass is 19.1. The lowest BCUT2D eigenvalue weighted by Crippen LogP contribution is -2.15. The van der Waals surface area contributed by atoms with E-state index in [9.17, 15) is 9.18 Å². The molecule has 0 atom stereocenters. The monoisotopic (exact) mass is 287 g/mol. The second kappa shape index (κ2) is 6.35. The highest BCUT2D eigenvalue weighted by Crippen LogP contribution is 2.19. The summed E-state index contributed by atoms with van der Waals surface area (Å²) in [6, 6.07) is 6.42. The smallest absolute Gasteiger partial charge is 0.259 e. The zero-order valence-corrected chi connectivity index (χ0v) is 12.3. The van der Waals surface area contributed by atoms with E-state index in [0.717, 1.165) is 11.4 Å². The summed E-state index contributed by atoms with van der Waals surface area (Å²) < 4.78 is 13.5. The number of benzene rings is 1. The van der Waals surface area contributed by atoms with Crippen LogP contribution in [-0.4, -0.2) is 17.4 Å². The third-order valence-corrected chi connectivity index (χ3v) is 3.08. The Balaban J connectivity index is 2.25. The van der Waals surface area contributed by atoms with E-state index in [1.54, 1.807) is 19.1 Å². The van der Waals surface area contributed by atoms with Gasteiger partial charge in [0.15, 0.2) is 0 Å². The van der Waals surface area contributed by atoms with Crippen molar-refractivity contribution in [3.05, 3.63) is 53.1 Å². The molecule has 1 amide bonds. The van der Waals surface area contributed by atoms with Crippen molar-refractivity contribution in [1.29, 1.82) is 0 Å². The molecular formula is C16H18FN3O. The number of aryl methyl sites for hydroxylation is 2. The van der Waals surface area contributed by atoms with Crippen molar-refractivity contribution >= 4 is 17.3 Å². The number of nitrogens with zero attached hydrogens (tertiary/aromatic N) is 1. The SMILES string of the molecule is CCNc1cc(C)ncc1C(=O)Nc1ccc(C)c(F)c1. The van der Waals surface area contributed by atoms with Crippen LogP contribution < -0.4 is 10.6 Å². The lowest BCUT2D eigenvalue weighted by molar-refractivity contribution is 0.102. The van der Waals surface area contributed by atoms with Crippen molar-refractivity contribution in [2.24, 2.45) is 0 Å². The summed E-state index contributed by atoms with van der Waals surface area (Å²) in [6.07, 6.45) is 1.52. The van der Waals surface area contributed by atoms with Crippen LogP contribution in [0, 0.1) is 19.7 Å². The van der Waals surface area contributed by atoms with Crippen molar-refractivity contribution in [1.82, 2.24) is 4.98 Å². The second-order valence-corrected chi connectivity index (χ2v) is 4.82. The maximum Gasteiger partial charge on any atom is 0.259 e. The minimum Gasteiger partial charge on any atom is -0.385 e. The molecule has 21 heavy (non-hydrogen) atoms. The number of pyridine rings is 1. The number of carbonyl (C=O) groups is 1. The van der Waals surface area contributed by atoms with E-state index in [2.05, 4.69) is 15.6 Å². The molecule has 2 aromatic rings. The van der Waals surface area contributed by atoms with Crippen LogP contribution in [-0.2, 0) is 0 Å². The molecule has 5 heteroatoms. The molecule has 0 unspecified atom stereocenters. The van der Waals surface area contributed by atoms with Crippen LogP contribution in [0.25, 0.3) is 0 Å². The molecule has 1 aromatic heterocycles. The fraction of sp³-hybridized carbons (Fsp3) is 0.250. The molecule has 2 rings (SSSR count). The van der Waals surface area contributed by atoms with Crippen LogP contribution >= 0.6 is 0 Å². The zero-order chi connectivity index (χ0) is 15.4. The van der Waals surface area contributed by atoms with E-state index in [1.165, 1.54) is 12.3 Å². The number of halogens is 1. The first-order valence-corrected chi connectivity index (χ1v) is 6.79. The van der Waals surface area contributed by atoms with Gasteiger partial charge in [0.05, 0.1) is 11.3 Å². The summed E-state index contributed by atoms with van der Waals surface area (Å²) in [4.78, 5) is 16.4. The molecule has 0 saturated carbocycles. The molecule has 4 nitrogen and oxygen atoms in total. The maximum absolute atomic E-state index is 13.5. The van der Waals surface area contributed by atoms with Gasteiger partial charge in [0.1, 0.15) is 5.82 Å². The summed E-state index contributed by atoms with van der Waals surface area (Å²) in [5.74, 6) is -0.663. The number of hydrogen-bond donors (Lipinski definition) is 2. The Labute approximate surface area is 123 Å². The van der Waals surface area contributed by atoms with E-state index >= 15 is 0 Å². The lowest BCUT2D eigenvalue weighted by atomic mass is 10.1. The fourth-order valence-electron chi connectivity index (χ4n) is 1.95. The van der Waals surface area contributed by atoms with Crippen LogP contribution in [0.5, 0.6) is 0 Å². The molecular weight excluding hydrogens is 269 g/mol. The minimum atomic E-state index is -0.346. The molecule has 0 saturated heterocycles. The Morgan fingerprint density at radius 3 is 2.71 bits per heavy atom. The largest absolute Gasteiger partial charge is 0.385 e. The van der Waals surface area contributed by atoms with Crippen molar-refractivity contribution in [3.63, 3.8) is 0 Å². The minimum absolute atomic E-state index is 0.318. The highest BCUT2D eigenvalue weighted by Gasteiger charge is 2.13. The summed E-state index contributed by atoms with van der Waals surface area (Å²) >= 11 is 0. The average Bonchev–Trinajstić information content (AvgIpc) is 2.43. The molecule has 1 heterocycles. The molecule has 0 radical (unpaired) electrons. The third kappa shape index (κ3) is 3.56. The first-order chi connectivity index (χ1) is 10.0. The van der Waals surface area contributed by atoms with Gasteiger partial charge >= 0.3 is 0 Å². The van der Waals surface area contributed by atoms with E-state index in [1.807, 2.05) is 19.9 Å². The van der Waals surface area contributed by atoms with E-state index in [4.69, 9.17) is 0 Å². The first-order valence-electron chi connectivity index (χ1n) is 6.79. The second-order valence-electron chi connectivity index (χ2n) is 4.82. The molecule has 2 N–H and O–H groups in total. The Kier molecular flexibility index (Phi) is 4.52. The zero-order valence-electron chi connectivity index (χ0n) is 12.3. The van der Waals surface area contributed by atoms with Crippen molar-refractivity contribution in [3.8, 4) is 0 Å². The lowest BCUT2D eigenvalue weighted by Gasteiger charge is -2.12. The van der Waals surface area contributed by atoms with Gasteiger partial charge < -0.3 is 10.6 Å². The van der Waals surface area contributed by atoms with Gasteiger partial charge in [0, 0.05) is 24.1 Å². The number of aromatic nitrogens is 1. The van der Waals surface area contributed by atoms with E-state index < -0.39 is 0 Å². The normalized spacial score (nSPS) is 10.3. The van der Waals surface area contributed by atoms with Gasteiger partial charge in [-0.1, -0.05) is 6.07 Å². The molecule has 0 fully saturated rings.